The van der Waals surface area contributed by atoms with E-state index in [1.54, 1.807) is 0 Å². The van der Waals surface area contributed by atoms with Crippen LogP contribution in [-0.2, 0) is 0 Å². The Kier molecular flexibility index (Phi) is 2.88. The number of anilines is 2. The lowest BCUT2D eigenvalue weighted by molar-refractivity contribution is 0.628. The van der Waals surface area contributed by atoms with Crippen LogP contribution in [-0.4, -0.2) is 27.5 Å². The van der Waals surface area contributed by atoms with Gasteiger partial charge in [-0.3, -0.25) is 0 Å². The van der Waals surface area contributed by atoms with Crippen LogP contribution in [0.25, 0.3) is 0 Å². The maximum absolute atomic E-state index is 5.82. The van der Waals surface area contributed by atoms with Crippen LogP contribution < -0.4 is 10.6 Å². The fraction of sp³-hybridized carbons (Fsp3) is 0.700. The third-order valence-corrected chi connectivity index (χ3v) is 2.93. The highest BCUT2D eigenvalue weighted by Crippen LogP contribution is 2.46. The molecule has 1 heterocycles. The van der Waals surface area contributed by atoms with Crippen molar-refractivity contribution in [3.8, 4) is 0 Å². The predicted molar refractivity (Wildman–Crippen MR) is 64.8 cm³/mol. The second-order valence-electron chi connectivity index (χ2n) is 4.67. The first-order valence-corrected chi connectivity index (χ1v) is 5.81. The van der Waals surface area contributed by atoms with Crippen molar-refractivity contribution >= 4 is 23.5 Å². The Morgan fingerprint density at radius 1 is 1.31 bits per heavy atom. The molecule has 1 saturated carbocycles. The van der Waals surface area contributed by atoms with E-state index in [2.05, 4.69) is 39.4 Å². The van der Waals surface area contributed by atoms with Crippen LogP contribution in [0, 0.1) is 5.41 Å². The topological polar surface area (TPSA) is 62.7 Å². The highest BCUT2D eigenvalue weighted by atomic mass is 35.5. The minimum Gasteiger partial charge on any atom is -0.354 e. The summed E-state index contributed by atoms with van der Waals surface area (Å²) in [5.41, 5.74) is 0.331. The molecule has 1 atom stereocenters. The normalized spacial score (nSPS) is 21.6. The average Bonchev–Trinajstić information content (AvgIpc) is 2.72. The number of aromatic nitrogens is 3. The molecule has 16 heavy (non-hydrogen) atoms. The monoisotopic (exact) mass is 241 g/mol. The Bertz CT molecular complexity index is 393. The molecule has 1 unspecified atom stereocenters. The zero-order valence-electron chi connectivity index (χ0n) is 9.71. The Balaban J connectivity index is 2.09. The molecule has 0 spiro atoms. The number of nitrogens with one attached hydrogen (secondary N) is 2. The van der Waals surface area contributed by atoms with E-state index < -0.39 is 0 Å². The molecule has 5 nitrogen and oxygen atoms in total. The fourth-order valence-corrected chi connectivity index (χ4v) is 1.68. The van der Waals surface area contributed by atoms with Crippen LogP contribution >= 0.6 is 11.6 Å². The van der Waals surface area contributed by atoms with Gasteiger partial charge in [0.25, 0.3) is 0 Å². The molecule has 1 aromatic heterocycles. The highest BCUT2D eigenvalue weighted by molar-refractivity contribution is 6.28. The van der Waals surface area contributed by atoms with Crippen LogP contribution in [0.5, 0.6) is 0 Å². The first-order chi connectivity index (χ1) is 7.51. The van der Waals surface area contributed by atoms with Crippen molar-refractivity contribution in [2.45, 2.75) is 33.2 Å². The lowest BCUT2D eigenvalue weighted by Crippen LogP contribution is -2.13. The van der Waals surface area contributed by atoms with Crippen molar-refractivity contribution in [1.82, 2.24) is 15.0 Å². The van der Waals surface area contributed by atoms with Gasteiger partial charge in [0.15, 0.2) is 0 Å². The van der Waals surface area contributed by atoms with Crippen LogP contribution in [0.1, 0.15) is 27.2 Å². The molecule has 88 valence electrons. The second kappa shape index (κ2) is 4.05. The van der Waals surface area contributed by atoms with Crippen molar-refractivity contribution in [1.29, 1.82) is 0 Å². The SMILES string of the molecule is CCNc1nc(Cl)nc(NC2CC2(C)C)n1. The maximum Gasteiger partial charge on any atom is 0.229 e. The fourth-order valence-electron chi connectivity index (χ4n) is 1.52. The Hall–Kier alpha value is -1.10. The summed E-state index contributed by atoms with van der Waals surface area (Å²) in [6.45, 7) is 7.15. The van der Waals surface area contributed by atoms with E-state index in [1.165, 1.54) is 0 Å². The van der Waals surface area contributed by atoms with E-state index in [0.29, 0.717) is 23.4 Å². The molecule has 2 N–H and O–H groups in total. The van der Waals surface area contributed by atoms with E-state index in [-0.39, 0.29) is 5.28 Å². The van der Waals surface area contributed by atoms with Crippen molar-refractivity contribution in [3.05, 3.63) is 5.28 Å². The van der Waals surface area contributed by atoms with Gasteiger partial charge in [0.2, 0.25) is 17.2 Å². The molecule has 0 aliphatic heterocycles. The first kappa shape index (κ1) is 11.4. The average molecular weight is 242 g/mol. The van der Waals surface area contributed by atoms with E-state index >= 15 is 0 Å². The summed E-state index contributed by atoms with van der Waals surface area (Å²) < 4.78 is 0. The molecule has 1 aromatic rings. The van der Waals surface area contributed by atoms with Gasteiger partial charge in [-0.15, -0.1) is 0 Å². The summed E-state index contributed by atoms with van der Waals surface area (Å²) in [4.78, 5) is 12.3. The number of halogens is 1. The first-order valence-electron chi connectivity index (χ1n) is 5.43. The Labute approximate surface area is 100 Å². The smallest absolute Gasteiger partial charge is 0.229 e. The van der Waals surface area contributed by atoms with E-state index in [9.17, 15) is 0 Å². The molecule has 0 bridgehead atoms. The zero-order chi connectivity index (χ0) is 11.8. The largest absolute Gasteiger partial charge is 0.354 e. The number of hydrogen-bond acceptors (Lipinski definition) is 5. The predicted octanol–water partition coefficient (Wildman–Crippen LogP) is 2.17. The Morgan fingerprint density at radius 3 is 2.50 bits per heavy atom. The van der Waals surface area contributed by atoms with Gasteiger partial charge in [0, 0.05) is 12.6 Å². The van der Waals surface area contributed by atoms with Crippen LogP contribution in [0.3, 0.4) is 0 Å². The molecular weight excluding hydrogens is 226 g/mol. The van der Waals surface area contributed by atoms with Gasteiger partial charge in [0.1, 0.15) is 0 Å². The van der Waals surface area contributed by atoms with Gasteiger partial charge in [-0.1, -0.05) is 13.8 Å². The summed E-state index contributed by atoms with van der Waals surface area (Å²) in [5.74, 6) is 1.06. The van der Waals surface area contributed by atoms with Crippen molar-refractivity contribution in [3.63, 3.8) is 0 Å². The van der Waals surface area contributed by atoms with Gasteiger partial charge < -0.3 is 10.6 Å². The highest BCUT2D eigenvalue weighted by Gasteiger charge is 2.46. The van der Waals surface area contributed by atoms with E-state index in [1.807, 2.05) is 6.92 Å². The summed E-state index contributed by atoms with van der Waals surface area (Å²) in [7, 11) is 0. The third kappa shape index (κ3) is 2.52. The standard InChI is InChI=1S/C10H16ClN5/c1-4-12-8-14-7(11)15-9(16-8)13-6-5-10(6,2)3/h6H,4-5H2,1-3H3,(H2,12,13,14,15,16). The molecule has 1 aliphatic carbocycles. The molecular formula is C10H16ClN5. The maximum atomic E-state index is 5.82. The number of hydrogen-bond donors (Lipinski definition) is 2. The molecule has 1 fully saturated rings. The molecule has 0 amide bonds. The molecule has 6 heteroatoms. The third-order valence-electron chi connectivity index (χ3n) is 2.76. The zero-order valence-corrected chi connectivity index (χ0v) is 10.5. The van der Waals surface area contributed by atoms with Gasteiger partial charge in [-0.25, -0.2) is 0 Å². The minimum absolute atomic E-state index is 0.215. The molecule has 0 aromatic carbocycles. The van der Waals surface area contributed by atoms with Gasteiger partial charge in [-0.2, -0.15) is 15.0 Å². The number of nitrogens with zero attached hydrogens (tertiary/aromatic N) is 3. The van der Waals surface area contributed by atoms with Crippen molar-refractivity contribution in [2.75, 3.05) is 17.2 Å². The molecule has 0 radical (unpaired) electrons. The summed E-state index contributed by atoms with van der Waals surface area (Å²) in [6, 6.07) is 0.431. The molecule has 1 aliphatic rings. The molecule has 2 rings (SSSR count). The van der Waals surface area contributed by atoms with Crippen molar-refractivity contribution < 1.29 is 0 Å². The van der Waals surface area contributed by atoms with Crippen LogP contribution in [0.2, 0.25) is 5.28 Å². The number of rotatable bonds is 4. The van der Waals surface area contributed by atoms with Gasteiger partial charge >= 0.3 is 0 Å². The summed E-state index contributed by atoms with van der Waals surface area (Å²) >= 11 is 5.82. The van der Waals surface area contributed by atoms with Crippen molar-refractivity contribution in [2.24, 2.45) is 5.41 Å². The van der Waals surface area contributed by atoms with E-state index in [0.717, 1.165) is 13.0 Å². The van der Waals surface area contributed by atoms with Gasteiger partial charge in [0.05, 0.1) is 0 Å². The quantitative estimate of drug-likeness (QED) is 0.846. The lowest BCUT2D eigenvalue weighted by atomic mass is 10.2. The lowest BCUT2D eigenvalue weighted by Gasteiger charge is -2.08. The molecule has 0 saturated heterocycles. The Morgan fingerprint density at radius 2 is 1.94 bits per heavy atom. The second-order valence-corrected chi connectivity index (χ2v) is 5.01. The van der Waals surface area contributed by atoms with Crippen LogP contribution in [0.15, 0.2) is 0 Å². The minimum atomic E-state index is 0.215. The van der Waals surface area contributed by atoms with Crippen LogP contribution in [0.4, 0.5) is 11.9 Å². The summed E-state index contributed by atoms with van der Waals surface area (Å²) in [5, 5.41) is 6.49. The van der Waals surface area contributed by atoms with E-state index in [4.69, 9.17) is 11.6 Å². The van der Waals surface area contributed by atoms with Gasteiger partial charge in [-0.05, 0) is 30.4 Å². The summed E-state index contributed by atoms with van der Waals surface area (Å²) in [6.07, 6.45) is 1.13.